The van der Waals surface area contributed by atoms with Crippen molar-refractivity contribution in [3.05, 3.63) is 53.1 Å². The number of aromatic hydroxyl groups is 1. The van der Waals surface area contributed by atoms with Gasteiger partial charge in [0, 0.05) is 11.3 Å². The zero-order valence-electron chi connectivity index (χ0n) is 15.2. The number of hydrogen-bond donors (Lipinski definition) is 2. The van der Waals surface area contributed by atoms with Gasteiger partial charge in [-0.1, -0.05) is 71.9 Å². The molecule has 2 rings (SSSR count). The fraction of sp³-hybridized carbons (Fsp3) is 0.524. The summed E-state index contributed by atoms with van der Waals surface area (Å²) in [6.07, 6.45) is 5.77. The van der Waals surface area contributed by atoms with E-state index in [1.807, 2.05) is 18.2 Å². The van der Waals surface area contributed by atoms with Gasteiger partial charge in [-0.05, 0) is 34.6 Å². The van der Waals surface area contributed by atoms with Crippen LogP contribution in [0.3, 0.4) is 0 Å². The molecule has 0 amide bonds. The highest BCUT2D eigenvalue weighted by molar-refractivity contribution is 5.47. The maximum atomic E-state index is 10.2. The first-order valence-corrected chi connectivity index (χ1v) is 8.56. The van der Waals surface area contributed by atoms with Crippen molar-refractivity contribution in [1.82, 2.24) is 0 Å². The number of aliphatic hydroxyl groups excluding tert-OH is 1. The third-order valence-electron chi connectivity index (χ3n) is 5.10. The summed E-state index contributed by atoms with van der Waals surface area (Å²) in [7, 11) is 0. The zero-order valence-corrected chi connectivity index (χ0v) is 15.2. The van der Waals surface area contributed by atoms with E-state index in [4.69, 9.17) is 0 Å². The molecule has 2 nitrogen and oxygen atoms in total. The summed E-state index contributed by atoms with van der Waals surface area (Å²) < 4.78 is 0. The largest absolute Gasteiger partial charge is 0.508 e. The molecule has 1 aromatic rings. The molecule has 0 aliphatic heterocycles. The van der Waals surface area contributed by atoms with Crippen LogP contribution >= 0.6 is 0 Å². The minimum absolute atomic E-state index is 0.149. The number of aliphatic hydroxyl groups is 1. The number of rotatable bonds is 4. The van der Waals surface area contributed by atoms with Crippen molar-refractivity contribution in [2.45, 2.75) is 59.0 Å². The van der Waals surface area contributed by atoms with E-state index < -0.39 is 6.10 Å². The Labute approximate surface area is 140 Å². The van der Waals surface area contributed by atoms with E-state index in [2.05, 4.69) is 53.7 Å². The number of hydrogen-bond acceptors (Lipinski definition) is 2. The standard InChI is InChI=1S/C21H30O2/c1-13(2)17-11-15(7-9-19(17)22)21(5,6)16-8-10-20(23)18(12-16)14(3)4/h7-14,17,19,22-23H,1-6H3. The van der Waals surface area contributed by atoms with E-state index >= 15 is 0 Å². The lowest BCUT2D eigenvalue weighted by molar-refractivity contribution is 0.147. The average molecular weight is 314 g/mol. The molecule has 0 fully saturated rings. The Morgan fingerprint density at radius 1 is 1.09 bits per heavy atom. The van der Waals surface area contributed by atoms with Crippen molar-refractivity contribution < 1.29 is 10.2 Å². The van der Waals surface area contributed by atoms with Crippen molar-refractivity contribution in [2.24, 2.45) is 11.8 Å². The molecule has 2 N–H and O–H groups in total. The predicted octanol–water partition coefficient (Wildman–Crippen LogP) is 4.92. The number of benzene rings is 1. The smallest absolute Gasteiger partial charge is 0.119 e. The van der Waals surface area contributed by atoms with Gasteiger partial charge in [-0.3, -0.25) is 0 Å². The van der Waals surface area contributed by atoms with Gasteiger partial charge in [0.15, 0.2) is 0 Å². The molecule has 0 saturated carbocycles. The molecule has 2 atom stereocenters. The van der Waals surface area contributed by atoms with Gasteiger partial charge in [0.05, 0.1) is 6.10 Å². The Morgan fingerprint density at radius 3 is 2.30 bits per heavy atom. The van der Waals surface area contributed by atoms with Gasteiger partial charge in [0.25, 0.3) is 0 Å². The van der Waals surface area contributed by atoms with Crippen LogP contribution in [0.25, 0.3) is 0 Å². The second-order valence-corrected chi connectivity index (χ2v) is 7.85. The molecule has 1 aliphatic carbocycles. The van der Waals surface area contributed by atoms with E-state index in [0.29, 0.717) is 11.7 Å². The second-order valence-electron chi connectivity index (χ2n) is 7.85. The van der Waals surface area contributed by atoms with Crippen LogP contribution < -0.4 is 0 Å². The normalized spacial score (nSPS) is 21.9. The van der Waals surface area contributed by atoms with Gasteiger partial charge < -0.3 is 10.2 Å². The highest BCUT2D eigenvalue weighted by Crippen LogP contribution is 2.39. The van der Waals surface area contributed by atoms with E-state index in [1.165, 1.54) is 11.1 Å². The van der Waals surface area contributed by atoms with Crippen LogP contribution in [0, 0.1) is 11.8 Å². The lowest BCUT2D eigenvalue weighted by Gasteiger charge is -2.34. The van der Waals surface area contributed by atoms with Crippen LogP contribution in [0.4, 0.5) is 0 Å². The van der Waals surface area contributed by atoms with E-state index in [-0.39, 0.29) is 17.3 Å². The van der Waals surface area contributed by atoms with Gasteiger partial charge in [-0.15, -0.1) is 0 Å². The summed E-state index contributed by atoms with van der Waals surface area (Å²) in [6.45, 7) is 12.9. The molecule has 0 bridgehead atoms. The molecule has 1 aliphatic rings. The highest BCUT2D eigenvalue weighted by atomic mass is 16.3. The fourth-order valence-electron chi connectivity index (χ4n) is 3.27. The summed E-state index contributed by atoms with van der Waals surface area (Å²) in [4.78, 5) is 0. The van der Waals surface area contributed by atoms with Gasteiger partial charge in [0.2, 0.25) is 0 Å². The molecular formula is C21H30O2. The highest BCUT2D eigenvalue weighted by Gasteiger charge is 2.30. The molecule has 0 spiro atoms. The molecule has 126 valence electrons. The van der Waals surface area contributed by atoms with Gasteiger partial charge >= 0.3 is 0 Å². The summed E-state index contributed by atoms with van der Waals surface area (Å²) in [6, 6.07) is 5.92. The Kier molecular flexibility index (Phi) is 5.05. The molecule has 1 aromatic carbocycles. The van der Waals surface area contributed by atoms with Gasteiger partial charge in [-0.2, -0.15) is 0 Å². The molecule has 0 radical (unpaired) electrons. The first kappa shape index (κ1) is 17.8. The van der Waals surface area contributed by atoms with Crippen molar-refractivity contribution in [3.8, 4) is 5.75 Å². The average Bonchev–Trinajstić information content (AvgIpc) is 2.47. The predicted molar refractivity (Wildman–Crippen MR) is 96.8 cm³/mol. The third-order valence-corrected chi connectivity index (χ3v) is 5.10. The zero-order chi connectivity index (χ0) is 17.4. The van der Waals surface area contributed by atoms with E-state index in [0.717, 1.165) is 5.56 Å². The molecule has 0 aromatic heterocycles. The lowest BCUT2D eigenvalue weighted by Crippen LogP contribution is -2.29. The monoisotopic (exact) mass is 314 g/mol. The van der Waals surface area contributed by atoms with E-state index in [1.54, 1.807) is 6.07 Å². The molecule has 23 heavy (non-hydrogen) atoms. The van der Waals surface area contributed by atoms with Crippen LogP contribution in [0.5, 0.6) is 5.75 Å². The molecule has 2 heteroatoms. The van der Waals surface area contributed by atoms with Crippen molar-refractivity contribution in [3.63, 3.8) is 0 Å². The van der Waals surface area contributed by atoms with E-state index in [9.17, 15) is 10.2 Å². The van der Waals surface area contributed by atoms with Crippen molar-refractivity contribution >= 4 is 0 Å². The van der Waals surface area contributed by atoms with Crippen LogP contribution in [-0.4, -0.2) is 16.3 Å². The third kappa shape index (κ3) is 3.53. The fourth-order valence-corrected chi connectivity index (χ4v) is 3.27. The quantitative estimate of drug-likeness (QED) is 0.828. The Morgan fingerprint density at radius 2 is 1.74 bits per heavy atom. The lowest BCUT2D eigenvalue weighted by atomic mass is 9.72. The van der Waals surface area contributed by atoms with Crippen LogP contribution in [-0.2, 0) is 5.41 Å². The molecule has 0 saturated heterocycles. The maximum Gasteiger partial charge on any atom is 0.119 e. The summed E-state index contributed by atoms with van der Waals surface area (Å²) >= 11 is 0. The van der Waals surface area contributed by atoms with Crippen molar-refractivity contribution in [2.75, 3.05) is 0 Å². The van der Waals surface area contributed by atoms with Crippen LogP contribution in [0.15, 0.2) is 42.0 Å². The first-order valence-electron chi connectivity index (χ1n) is 8.56. The van der Waals surface area contributed by atoms with Crippen molar-refractivity contribution in [1.29, 1.82) is 0 Å². The number of allylic oxidation sites excluding steroid dienone is 2. The van der Waals surface area contributed by atoms with Gasteiger partial charge in [0.1, 0.15) is 5.75 Å². The molecule has 2 unspecified atom stereocenters. The Hall–Kier alpha value is -1.54. The second kappa shape index (κ2) is 6.52. The summed E-state index contributed by atoms with van der Waals surface area (Å²) in [5, 5.41) is 20.3. The summed E-state index contributed by atoms with van der Waals surface area (Å²) in [5.41, 5.74) is 3.23. The number of phenolic OH excluding ortho intramolecular Hbond substituents is 1. The topological polar surface area (TPSA) is 40.5 Å². The Bertz CT molecular complexity index is 621. The SMILES string of the molecule is CC(C)c1cc(C(C)(C)C2=CC(C(C)C)C(O)C=C2)ccc1O. The minimum Gasteiger partial charge on any atom is -0.508 e. The number of phenols is 1. The molecule has 0 heterocycles. The van der Waals surface area contributed by atoms with Crippen LogP contribution in [0.1, 0.15) is 58.6 Å². The minimum atomic E-state index is -0.402. The molecular weight excluding hydrogens is 284 g/mol. The van der Waals surface area contributed by atoms with Gasteiger partial charge in [-0.25, -0.2) is 0 Å². The summed E-state index contributed by atoms with van der Waals surface area (Å²) in [5.74, 6) is 1.19. The maximum absolute atomic E-state index is 10.2. The first-order chi connectivity index (χ1) is 10.6. The van der Waals surface area contributed by atoms with Crippen LogP contribution in [0.2, 0.25) is 0 Å². The Balaban J connectivity index is 2.44.